The van der Waals surface area contributed by atoms with Crippen molar-refractivity contribution < 1.29 is 19.0 Å². The Hall–Kier alpha value is -3.09. The number of benzene rings is 2. The smallest absolute Gasteiger partial charge is 0.314 e. The molecule has 0 spiro atoms. The quantitative estimate of drug-likeness (QED) is 0.690. The van der Waals surface area contributed by atoms with Gasteiger partial charge in [-0.25, -0.2) is 4.79 Å². The number of nitrogens with one attached hydrogen (secondary N) is 2. The van der Waals surface area contributed by atoms with Crippen LogP contribution >= 0.6 is 0 Å². The lowest BCUT2D eigenvalue weighted by Crippen LogP contribution is -2.44. The van der Waals surface area contributed by atoms with Crippen LogP contribution in [0, 0.1) is 5.92 Å². The molecule has 0 bridgehead atoms. The Morgan fingerprint density at radius 1 is 1.12 bits per heavy atom. The largest absolute Gasteiger partial charge is 0.497 e. The molecule has 0 aliphatic carbocycles. The van der Waals surface area contributed by atoms with Crippen LogP contribution in [-0.4, -0.2) is 52.5 Å². The number of ether oxygens (including phenoxy) is 3. The fraction of sp³-hybridized carbons (Fsp3) is 0.480. The molecule has 1 fully saturated rings. The molecule has 2 aliphatic heterocycles. The summed E-state index contributed by atoms with van der Waals surface area (Å²) in [6.07, 6.45) is 1.06. The summed E-state index contributed by atoms with van der Waals surface area (Å²) >= 11 is 0. The lowest BCUT2D eigenvalue weighted by molar-refractivity contribution is 0.171. The number of carbonyl (C=O) groups is 1. The SMILES string of the molecule is COc1cccc(N2CCC(CNC(=O)NCC(C)(C)c3ccc4c(c3)OCCO4)C2)c1. The van der Waals surface area contributed by atoms with Crippen LogP contribution in [0.5, 0.6) is 17.2 Å². The molecule has 7 nitrogen and oxygen atoms in total. The monoisotopic (exact) mass is 439 g/mol. The first-order valence-electron chi connectivity index (χ1n) is 11.3. The van der Waals surface area contributed by atoms with Crippen LogP contribution in [-0.2, 0) is 5.41 Å². The van der Waals surface area contributed by atoms with E-state index in [1.807, 2.05) is 30.3 Å². The molecule has 0 saturated carbocycles. The predicted molar refractivity (Wildman–Crippen MR) is 125 cm³/mol. The Balaban J connectivity index is 1.24. The zero-order chi connectivity index (χ0) is 22.6. The van der Waals surface area contributed by atoms with E-state index in [9.17, 15) is 4.79 Å². The van der Waals surface area contributed by atoms with Gasteiger partial charge in [-0.05, 0) is 42.2 Å². The number of rotatable bonds is 7. The summed E-state index contributed by atoms with van der Waals surface area (Å²) in [6, 6.07) is 14.0. The number of carbonyl (C=O) groups excluding carboxylic acids is 1. The van der Waals surface area contributed by atoms with E-state index in [2.05, 4.69) is 41.5 Å². The number of methoxy groups -OCH3 is 1. The number of fused-ring (bicyclic) bond motifs is 1. The molecule has 32 heavy (non-hydrogen) atoms. The van der Waals surface area contributed by atoms with E-state index in [0.717, 1.165) is 48.0 Å². The molecule has 1 saturated heterocycles. The summed E-state index contributed by atoms with van der Waals surface area (Å²) < 4.78 is 16.6. The standard InChI is InChI=1S/C25H33N3O4/c1-25(2,19-7-8-22-23(13-19)32-12-11-31-22)17-27-24(29)26-15-18-9-10-28(16-18)20-5-4-6-21(14-20)30-3/h4-8,13-14,18H,9-12,15-17H2,1-3H3,(H2,26,27,29). The van der Waals surface area contributed by atoms with E-state index in [1.165, 1.54) is 0 Å². The molecule has 2 aromatic rings. The highest BCUT2D eigenvalue weighted by molar-refractivity contribution is 5.74. The van der Waals surface area contributed by atoms with Crippen molar-refractivity contribution in [2.75, 3.05) is 51.4 Å². The molecule has 172 valence electrons. The number of urea groups is 1. The molecule has 1 unspecified atom stereocenters. The van der Waals surface area contributed by atoms with Gasteiger partial charge in [-0.2, -0.15) is 0 Å². The van der Waals surface area contributed by atoms with Crippen molar-refractivity contribution in [1.29, 1.82) is 0 Å². The predicted octanol–water partition coefficient (Wildman–Crippen LogP) is 3.57. The third-order valence-electron chi connectivity index (χ3n) is 6.27. The van der Waals surface area contributed by atoms with E-state index in [1.54, 1.807) is 7.11 Å². The van der Waals surface area contributed by atoms with Gasteiger partial charge in [-0.3, -0.25) is 0 Å². The number of anilines is 1. The summed E-state index contributed by atoms with van der Waals surface area (Å²) in [7, 11) is 1.68. The third-order valence-corrected chi connectivity index (χ3v) is 6.27. The van der Waals surface area contributed by atoms with Crippen LogP contribution in [0.3, 0.4) is 0 Å². The molecule has 1 atom stereocenters. The van der Waals surface area contributed by atoms with Gasteiger partial charge in [0.15, 0.2) is 11.5 Å². The van der Waals surface area contributed by atoms with Crippen LogP contribution in [0.25, 0.3) is 0 Å². The Morgan fingerprint density at radius 2 is 1.94 bits per heavy atom. The van der Waals surface area contributed by atoms with Gasteiger partial charge in [0.05, 0.1) is 7.11 Å². The summed E-state index contributed by atoms with van der Waals surface area (Å²) in [5, 5.41) is 6.08. The van der Waals surface area contributed by atoms with E-state index in [4.69, 9.17) is 14.2 Å². The average Bonchev–Trinajstić information content (AvgIpc) is 3.30. The van der Waals surface area contributed by atoms with Crippen LogP contribution in [0.4, 0.5) is 10.5 Å². The maximum atomic E-state index is 12.4. The van der Waals surface area contributed by atoms with Gasteiger partial charge in [0.25, 0.3) is 0 Å². The maximum Gasteiger partial charge on any atom is 0.314 e. The first-order valence-corrected chi connectivity index (χ1v) is 11.3. The minimum absolute atomic E-state index is 0.129. The third kappa shape index (κ3) is 5.21. The Morgan fingerprint density at radius 3 is 2.75 bits per heavy atom. The molecular weight excluding hydrogens is 406 g/mol. The molecule has 0 aromatic heterocycles. The fourth-order valence-electron chi connectivity index (χ4n) is 4.21. The van der Waals surface area contributed by atoms with Gasteiger partial charge < -0.3 is 29.7 Å². The molecule has 2 N–H and O–H groups in total. The molecule has 2 aliphatic rings. The van der Waals surface area contributed by atoms with Gasteiger partial charge in [-0.15, -0.1) is 0 Å². The minimum atomic E-state index is -0.232. The number of amides is 2. The highest BCUT2D eigenvalue weighted by Gasteiger charge is 2.26. The second-order valence-corrected chi connectivity index (χ2v) is 9.11. The topological polar surface area (TPSA) is 72.1 Å². The molecule has 7 heteroatoms. The molecule has 2 aromatic carbocycles. The van der Waals surface area contributed by atoms with Crippen molar-refractivity contribution in [2.24, 2.45) is 5.92 Å². The van der Waals surface area contributed by atoms with Crippen LogP contribution in [0.15, 0.2) is 42.5 Å². The highest BCUT2D eigenvalue weighted by atomic mass is 16.6. The zero-order valence-electron chi connectivity index (χ0n) is 19.1. The zero-order valence-corrected chi connectivity index (χ0v) is 19.1. The summed E-state index contributed by atoms with van der Waals surface area (Å²) in [4.78, 5) is 14.8. The first kappa shape index (κ1) is 22.1. The number of hydrogen-bond acceptors (Lipinski definition) is 5. The van der Waals surface area contributed by atoms with Gasteiger partial charge >= 0.3 is 6.03 Å². The van der Waals surface area contributed by atoms with E-state index in [0.29, 0.717) is 32.2 Å². The summed E-state index contributed by atoms with van der Waals surface area (Å²) in [6.45, 7) is 8.47. The van der Waals surface area contributed by atoms with Crippen LogP contribution in [0.2, 0.25) is 0 Å². The first-order chi connectivity index (χ1) is 15.4. The fourth-order valence-corrected chi connectivity index (χ4v) is 4.21. The second-order valence-electron chi connectivity index (χ2n) is 9.11. The van der Waals surface area contributed by atoms with E-state index >= 15 is 0 Å². The van der Waals surface area contributed by atoms with E-state index in [-0.39, 0.29) is 11.4 Å². The summed E-state index contributed by atoms with van der Waals surface area (Å²) in [5.74, 6) is 2.84. The number of nitrogens with zero attached hydrogens (tertiary/aromatic N) is 1. The van der Waals surface area contributed by atoms with Gasteiger partial charge in [0, 0.05) is 43.3 Å². The molecular formula is C25H33N3O4. The second kappa shape index (κ2) is 9.59. The summed E-state index contributed by atoms with van der Waals surface area (Å²) in [5.41, 5.74) is 2.04. The lowest BCUT2D eigenvalue weighted by atomic mass is 9.84. The average molecular weight is 440 g/mol. The van der Waals surface area contributed by atoms with Gasteiger partial charge in [0.2, 0.25) is 0 Å². The van der Waals surface area contributed by atoms with Gasteiger partial charge in [0.1, 0.15) is 19.0 Å². The molecule has 2 heterocycles. The van der Waals surface area contributed by atoms with Crippen molar-refractivity contribution >= 4 is 11.7 Å². The Kier molecular flexibility index (Phi) is 6.63. The minimum Gasteiger partial charge on any atom is -0.497 e. The van der Waals surface area contributed by atoms with Crippen molar-refractivity contribution in [1.82, 2.24) is 10.6 Å². The lowest BCUT2D eigenvalue weighted by Gasteiger charge is -2.28. The van der Waals surface area contributed by atoms with Gasteiger partial charge in [-0.1, -0.05) is 26.0 Å². The Bertz CT molecular complexity index is 947. The molecule has 0 radical (unpaired) electrons. The highest BCUT2D eigenvalue weighted by Crippen LogP contribution is 2.35. The normalized spacial score (nSPS) is 17.7. The van der Waals surface area contributed by atoms with Crippen molar-refractivity contribution in [3.8, 4) is 17.2 Å². The maximum absolute atomic E-state index is 12.4. The van der Waals surface area contributed by atoms with Crippen molar-refractivity contribution in [2.45, 2.75) is 25.7 Å². The van der Waals surface area contributed by atoms with Crippen LogP contribution in [0.1, 0.15) is 25.8 Å². The molecule has 4 rings (SSSR count). The van der Waals surface area contributed by atoms with Crippen molar-refractivity contribution in [3.05, 3.63) is 48.0 Å². The van der Waals surface area contributed by atoms with Crippen molar-refractivity contribution in [3.63, 3.8) is 0 Å². The number of hydrogen-bond donors (Lipinski definition) is 2. The van der Waals surface area contributed by atoms with Crippen LogP contribution < -0.4 is 29.7 Å². The Labute approximate surface area is 190 Å². The van der Waals surface area contributed by atoms with E-state index < -0.39 is 0 Å². The molecule has 2 amide bonds.